The molecule has 0 fully saturated rings. The van der Waals surface area contributed by atoms with Gasteiger partial charge < -0.3 is 44.0 Å². The molecular formula is C22H42N8O6. The highest BCUT2D eigenvalue weighted by Crippen LogP contribution is 2.11. The molecule has 0 heterocycles. The van der Waals surface area contributed by atoms with Crippen LogP contribution in [-0.4, -0.2) is 71.4 Å². The summed E-state index contributed by atoms with van der Waals surface area (Å²) in [5.74, 6) is -4.65. The lowest BCUT2D eigenvalue weighted by Crippen LogP contribution is -2.59. The maximum atomic E-state index is 13.2. The number of aliphatic carboxylic acids is 1. The minimum Gasteiger partial charge on any atom is -0.480 e. The van der Waals surface area contributed by atoms with Crippen LogP contribution in [0.15, 0.2) is 4.99 Å². The maximum absolute atomic E-state index is 13.2. The summed E-state index contributed by atoms with van der Waals surface area (Å²) in [6.45, 7) is 7.04. The van der Waals surface area contributed by atoms with Gasteiger partial charge in [-0.15, -0.1) is 0 Å². The molecule has 5 unspecified atom stereocenters. The summed E-state index contributed by atoms with van der Waals surface area (Å²) in [5.41, 5.74) is 21.5. The van der Waals surface area contributed by atoms with Crippen LogP contribution < -0.4 is 38.9 Å². The van der Waals surface area contributed by atoms with Gasteiger partial charge in [0.05, 0.1) is 6.04 Å². The van der Waals surface area contributed by atoms with Gasteiger partial charge in [-0.05, 0) is 31.1 Å². The molecule has 0 aliphatic heterocycles. The lowest BCUT2D eigenvalue weighted by atomic mass is 9.96. The van der Waals surface area contributed by atoms with E-state index in [0.717, 1.165) is 0 Å². The lowest BCUT2D eigenvalue weighted by Gasteiger charge is -2.28. The van der Waals surface area contributed by atoms with Crippen LogP contribution in [-0.2, 0) is 24.0 Å². The second-order valence-corrected chi connectivity index (χ2v) is 9.06. The van der Waals surface area contributed by atoms with Crippen LogP contribution in [0.3, 0.4) is 0 Å². The number of rotatable bonds is 17. The third kappa shape index (κ3) is 12.3. The van der Waals surface area contributed by atoms with Gasteiger partial charge in [-0.2, -0.15) is 0 Å². The fraction of sp³-hybridized carbons (Fsp3) is 0.727. The largest absolute Gasteiger partial charge is 0.480 e. The van der Waals surface area contributed by atoms with Crippen LogP contribution in [0.25, 0.3) is 0 Å². The number of nitrogens with zero attached hydrogens (tertiary/aromatic N) is 1. The zero-order valence-electron chi connectivity index (χ0n) is 21.5. The molecule has 0 aromatic heterocycles. The molecule has 0 rings (SSSR count). The van der Waals surface area contributed by atoms with E-state index in [1.807, 2.05) is 6.92 Å². The summed E-state index contributed by atoms with van der Waals surface area (Å²) < 4.78 is 0. The molecule has 0 aromatic rings. The van der Waals surface area contributed by atoms with Gasteiger partial charge in [0.2, 0.25) is 23.6 Å². The normalized spacial score (nSPS) is 15.1. The van der Waals surface area contributed by atoms with Gasteiger partial charge in [0.15, 0.2) is 5.96 Å². The molecule has 0 radical (unpaired) electrons. The number of carbonyl (C=O) groups excluding carboxylic acids is 4. The van der Waals surface area contributed by atoms with E-state index < -0.39 is 59.7 Å². The molecule has 0 aromatic carbocycles. The minimum atomic E-state index is -1.21. The number of hydrogen-bond acceptors (Lipinski definition) is 7. The Bertz CT molecular complexity index is 799. The first kappa shape index (κ1) is 32.6. The fourth-order valence-corrected chi connectivity index (χ4v) is 3.19. The first-order chi connectivity index (χ1) is 16.7. The monoisotopic (exact) mass is 514 g/mol. The lowest BCUT2D eigenvalue weighted by molar-refractivity contribution is -0.143. The fourth-order valence-electron chi connectivity index (χ4n) is 3.19. The van der Waals surface area contributed by atoms with Gasteiger partial charge in [-0.1, -0.05) is 34.1 Å². The third-order valence-corrected chi connectivity index (χ3v) is 5.64. The number of aliphatic imine (C=N–C) groups is 1. The highest BCUT2D eigenvalue weighted by Gasteiger charge is 2.33. The molecule has 0 spiro atoms. The number of carboxylic acid groups (broad SMARTS) is 1. The molecule has 0 aliphatic rings. The smallest absolute Gasteiger partial charge is 0.326 e. The Morgan fingerprint density at radius 3 is 1.92 bits per heavy atom. The van der Waals surface area contributed by atoms with Crippen molar-refractivity contribution in [3.8, 4) is 0 Å². The molecule has 0 aliphatic carbocycles. The van der Waals surface area contributed by atoms with Gasteiger partial charge in [0.25, 0.3) is 0 Å². The van der Waals surface area contributed by atoms with Crippen molar-refractivity contribution in [3.05, 3.63) is 0 Å². The zero-order valence-corrected chi connectivity index (χ0v) is 21.5. The second kappa shape index (κ2) is 16.3. The van der Waals surface area contributed by atoms with Crippen LogP contribution in [0.5, 0.6) is 0 Å². The molecule has 14 nitrogen and oxygen atoms in total. The summed E-state index contributed by atoms with van der Waals surface area (Å²) in [6.07, 6.45) is 0.863. The van der Waals surface area contributed by atoms with Crippen molar-refractivity contribution >= 4 is 35.6 Å². The van der Waals surface area contributed by atoms with E-state index in [0.29, 0.717) is 12.8 Å². The topological polar surface area (TPSA) is 258 Å². The van der Waals surface area contributed by atoms with Crippen LogP contribution >= 0.6 is 0 Å². The summed E-state index contributed by atoms with van der Waals surface area (Å²) >= 11 is 0. The number of guanidine groups is 1. The molecule has 5 atom stereocenters. The molecule has 0 bridgehead atoms. The number of carboxylic acids is 1. The Labute approximate surface area is 211 Å². The van der Waals surface area contributed by atoms with Gasteiger partial charge >= 0.3 is 5.97 Å². The minimum absolute atomic E-state index is 0.0115. The molecule has 4 amide bonds. The van der Waals surface area contributed by atoms with Crippen LogP contribution in [0.2, 0.25) is 0 Å². The Balaban J connectivity index is 5.65. The van der Waals surface area contributed by atoms with Crippen molar-refractivity contribution < 1.29 is 29.1 Å². The van der Waals surface area contributed by atoms with Crippen molar-refractivity contribution in [2.75, 3.05) is 6.54 Å². The van der Waals surface area contributed by atoms with Crippen molar-refractivity contribution in [2.45, 2.75) is 84.0 Å². The van der Waals surface area contributed by atoms with E-state index in [-0.39, 0.29) is 37.7 Å². The van der Waals surface area contributed by atoms with E-state index in [1.54, 1.807) is 20.8 Å². The van der Waals surface area contributed by atoms with Crippen LogP contribution in [0, 0.1) is 11.8 Å². The molecule has 36 heavy (non-hydrogen) atoms. The molecule has 0 saturated heterocycles. The van der Waals surface area contributed by atoms with E-state index in [1.165, 1.54) is 0 Å². The molecule has 0 saturated carbocycles. The Morgan fingerprint density at radius 1 is 0.861 bits per heavy atom. The number of primary amides is 1. The van der Waals surface area contributed by atoms with E-state index in [9.17, 15) is 29.1 Å². The predicted octanol–water partition coefficient (Wildman–Crippen LogP) is -2.13. The van der Waals surface area contributed by atoms with Crippen molar-refractivity contribution in [3.63, 3.8) is 0 Å². The summed E-state index contributed by atoms with van der Waals surface area (Å²) in [4.78, 5) is 65.0. The maximum Gasteiger partial charge on any atom is 0.326 e. The quantitative estimate of drug-likeness (QED) is 0.0598. The van der Waals surface area contributed by atoms with E-state index in [2.05, 4.69) is 20.9 Å². The van der Waals surface area contributed by atoms with Crippen LogP contribution in [0.4, 0.5) is 0 Å². The SMILES string of the molecule is CCC(C)C(NC(=O)C(N)CCC(N)=O)C(=O)NC(CCCN=C(N)N)C(=O)NC(C(=O)O)C(C)C. The summed E-state index contributed by atoms with van der Waals surface area (Å²) in [7, 11) is 0. The number of hydrogen-bond donors (Lipinski definition) is 8. The van der Waals surface area contributed by atoms with Gasteiger partial charge in [-0.25, -0.2) is 4.79 Å². The average Bonchev–Trinajstić information content (AvgIpc) is 2.79. The van der Waals surface area contributed by atoms with Gasteiger partial charge in [0, 0.05) is 13.0 Å². The standard InChI is InChI=1S/C22H42N8O6/c1-5-12(4)17(30-18(32)13(23)8-9-15(24)31)20(34)28-14(7-6-10-27-22(25)26)19(33)29-16(11(2)3)21(35)36/h11-14,16-17H,5-10,23H2,1-4H3,(H2,24,31)(H,28,34)(H,29,33)(H,30,32)(H,35,36)(H4,25,26,27). The second-order valence-electron chi connectivity index (χ2n) is 9.06. The Kier molecular flexibility index (Phi) is 14.7. The number of carbonyl (C=O) groups is 5. The van der Waals surface area contributed by atoms with Crippen LogP contribution in [0.1, 0.15) is 59.8 Å². The third-order valence-electron chi connectivity index (χ3n) is 5.64. The highest BCUT2D eigenvalue weighted by atomic mass is 16.4. The number of nitrogens with one attached hydrogen (secondary N) is 3. The molecule has 14 heteroatoms. The molecular weight excluding hydrogens is 472 g/mol. The first-order valence-electron chi connectivity index (χ1n) is 11.9. The van der Waals surface area contributed by atoms with Crippen molar-refractivity contribution in [1.82, 2.24) is 16.0 Å². The van der Waals surface area contributed by atoms with E-state index >= 15 is 0 Å². The zero-order chi connectivity index (χ0) is 28.0. The number of amides is 4. The molecule has 12 N–H and O–H groups in total. The average molecular weight is 515 g/mol. The predicted molar refractivity (Wildman–Crippen MR) is 134 cm³/mol. The molecule has 206 valence electrons. The van der Waals surface area contributed by atoms with E-state index in [4.69, 9.17) is 22.9 Å². The van der Waals surface area contributed by atoms with Crippen molar-refractivity contribution in [1.29, 1.82) is 0 Å². The van der Waals surface area contributed by atoms with Gasteiger partial charge in [-0.3, -0.25) is 24.2 Å². The van der Waals surface area contributed by atoms with Crippen molar-refractivity contribution in [2.24, 2.45) is 39.8 Å². The Morgan fingerprint density at radius 2 is 1.44 bits per heavy atom. The first-order valence-corrected chi connectivity index (χ1v) is 11.9. The summed E-state index contributed by atoms with van der Waals surface area (Å²) in [6, 6.07) is -4.37. The van der Waals surface area contributed by atoms with Gasteiger partial charge in [0.1, 0.15) is 18.1 Å². The Hall–Kier alpha value is -3.42. The number of nitrogens with two attached hydrogens (primary N) is 4. The summed E-state index contributed by atoms with van der Waals surface area (Å²) in [5, 5.41) is 17.1. The highest BCUT2D eigenvalue weighted by molar-refractivity contribution is 5.94.